The molecule has 0 amide bonds. The minimum atomic E-state index is -0.355. The Morgan fingerprint density at radius 1 is 1.00 bits per heavy atom. The summed E-state index contributed by atoms with van der Waals surface area (Å²) in [6.07, 6.45) is 0.560. The number of carbonyl (C=O) groups excluding carboxylic acids is 2. The number of rotatable bonds is 5. The molecule has 0 aromatic heterocycles. The average molecular weight is 252 g/mol. The zero-order valence-corrected chi connectivity index (χ0v) is 10.7. The quantitative estimate of drug-likeness (QED) is 0.594. The van der Waals surface area contributed by atoms with Gasteiger partial charge in [-0.25, -0.2) is 0 Å². The van der Waals surface area contributed by atoms with Crippen LogP contribution in [-0.4, -0.2) is 19.0 Å². The molecule has 0 atom stereocenters. The van der Waals surface area contributed by atoms with Gasteiger partial charge in [0.25, 0.3) is 0 Å². The molecule has 0 aliphatic rings. The second kappa shape index (κ2) is 6.64. The second-order valence-corrected chi connectivity index (χ2v) is 3.47. The van der Waals surface area contributed by atoms with Crippen LogP contribution in [0.4, 0.5) is 0 Å². The van der Waals surface area contributed by atoms with Gasteiger partial charge in [-0.15, -0.1) is 0 Å². The van der Waals surface area contributed by atoms with Gasteiger partial charge in [0.15, 0.2) is 11.5 Å². The fraction of sp³-hybridized carbons (Fsp3) is 0.385. The zero-order chi connectivity index (χ0) is 13.5. The monoisotopic (exact) mass is 252 g/mol. The lowest BCUT2D eigenvalue weighted by atomic mass is 10.3. The van der Waals surface area contributed by atoms with E-state index >= 15 is 0 Å². The highest BCUT2D eigenvalue weighted by Gasteiger charge is 2.11. The van der Waals surface area contributed by atoms with Crippen LogP contribution < -0.4 is 14.2 Å². The molecule has 0 unspecified atom stereocenters. The highest BCUT2D eigenvalue weighted by Crippen LogP contribution is 2.31. The van der Waals surface area contributed by atoms with Crippen molar-refractivity contribution in [2.45, 2.75) is 26.7 Å². The number of methoxy groups -OCH3 is 1. The highest BCUT2D eigenvalue weighted by molar-refractivity contribution is 5.74. The van der Waals surface area contributed by atoms with Crippen LogP contribution in [0.3, 0.4) is 0 Å². The van der Waals surface area contributed by atoms with Crippen molar-refractivity contribution in [3.63, 3.8) is 0 Å². The van der Waals surface area contributed by atoms with Gasteiger partial charge in [0.2, 0.25) is 0 Å². The molecule has 1 aromatic carbocycles. The number of hydrogen-bond acceptors (Lipinski definition) is 5. The van der Waals surface area contributed by atoms with E-state index in [1.807, 2.05) is 0 Å². The van der Waals surface area contributed by atoms with Gasteiger partial charge >= 0.3 is 11.9 Å². The van der Waals surface area contributed by atoms with Gasteiger partial charge in [0.1, 0.15) is 5.75 Å². The molecule has 1 aromatic rings. The molecule has 5 heteroatoms. The van der Waals surface area contributed by atoms with E-state index in [0.717, 1.165) is 0 Å². The normalized spacial score (nSPS) is 9.72. The molecule has 0 N–H and O–H groups in total. The number of benzene rings is 1. The van der Waals surface area contributed by atoms with Crippen LogP contribution in [0.2, 0.25) is 0 Å². The molecule has 1 rings (SSSR count). The standard InChI is InChI=1S/C13H16O5/c1-4-12(14)17-9-6-7-10(11(8-9)16-3)18-13(15)5-2/h6-8H,4-5H2,1-3H3. The molecule has 0 spiro atoms. The molecular weight excluding hydrogens is 236 g/mol. The molecule has 98 valence electrons. The summed E-state index contributed by atoms with van der Waals surface area (Å²) in [6, 6.07) is 4.59. The third-order valence-electron chi connectivity index (χ3n) is 2.17. The summed E-state index contributed by atoms with van der Waals surface area (Å²) in [5, 5.41) is 0. The van der Waals surface area contributed by atoms with Crippen LogP contribution in [0.1, 0.15) is 26.7 Å². The summed E-state index contributed by atoms with van der Waals surface area (Å²) in [5.41, 5.74) is 0. The van der Waals surface area contributed by atoms with E-state index in [1.165, 1.54) is 19.2 Å². The van der Waals surface area contributed by atoms with E-state index in [1.54, 1.807) is 19.9 Å². The van der Waals surface area contributed by atoms with Crippen molar-refractivity contribution in [3.05, 3.63) is 18.2 Å². The van der Waals surface area contributed by atoms with Crippen LogP contribution in [0.5, 0.6) is 17.2 Å². The topological polar surface area (TPSA) is 61.8 Å². The Morgan fingerprint density at radius 2 is 1.61 bits per heavy atom. The summed E-state index contributed by atoms with van der Waals surface area (Å²) in [4.78, 5) is 22.3. The lowest BCUT2D eigenvalue weighted by molar-refractivity contribution is -0.135. The van der Waals surface area contributed by atoms with Gasteiger partial charge in [-0.3, -0.25) is 9.59 Å². The van der Waals surface area contributed by atoms with Gasteiger partial charge in [-0.1, -0.05) is 13.8 Å². The van der Waals surface area contributed by atoms with Gasteiger partial charge in [0.05, 0.1) is 7.11 Å². The van der Waals surface area contributed by atoms with Gasteiger partial charge in [-0.2, -0.15) is 0 Å². The molecule has 5 nitrogen and oxygen atoms in total. The van der Waals surface area contributed by atoms with Gasteiger partial charge < -0.3 is 14.2 Å². The minimum Gasteiger partial charge on any atom is -0.493 e. The lowest BCUT2D eigenvalue weighted by Gasteiger charge is -2.10. The average Bonchev–Trinajstić information content (AvgIpc) is 2.39. The number of ether oxygens (including phenoxy) is 3. The Hall–Kier alpha value is -2.04. The first-order valence-electron chi connectivity index (χ1n) is 5.70. The second-order valence-electron chi connectivity index (χ2n) is 3.47. The minimum absolute atomic E-state index is 0.274. The summed E-state index contributed by atoms with van der Waals surface area (Å²) >= 11 is 0. The first kappa shape index (κ1) is 14.0. The fourth-order valence-electron chi connectivity index (χ4n) is 1.19. The molecule has 0 saturated carbocycles. The number of esters is 2. The van der Waals surface area contributed by atoms with E-state index in [9.17, 15) is 9.59 Å². The van der Waals surface area contributed by atoms with Crippen LogP contribution in [-0.2, 0) is 9.59 Å². The SMILES string of the molecule is CCC(=O)Oc1ccc(OC(=O)CC)c(OC)c1. The van der Waals surface area contributed by atoms with Crippen molar-refractivity contribution in [1.29, 1.82) is 0 Å². The highest BCUT2D eigenvalue weighted by atomic mass is 16.6. The largest absolute Gasteiger partial charge is 0.493 e. The third kappa shape index (κ3) is 3.76. The Labute approximate surface area is 106 Å². The summed E-state index contributed by atoms with van der Waals surface area (Å²) in [7, 11) is 1.45. The molecule has 0 heterocycles. The van der Waals surface area contributed by atoms with Gasteiger partial charge in [-0.05, 0) is 12.1 Å². The maximum absolute atomic E-state index is 11.2. The smallest absolute Gasteiger partial charge is 0.311 e. The molecule has 0 bridgehead atoms. The van der Waals surface area contributed by atoms with Crippen molar-refractivity contribution in [2.24, 2.45) is 0 Å². The Morgan fingerprint density at radius 3 is 2.17 bits per heavy atom. The molecule has 18 heavy (non-hydrogen) atoms. The van der Waals surface area contributed by atoms with Crippen LogP contribution >= 0.6 is 0 Å². The maximum atomic E-state index is 11.2. The number of hydrogen-bond donors (Lipinski definition) is 0. The van der Waals surface area contributed by atoms with Crippen molar-refractivity contribution >= 4 is 11.9 Å². The zero-order valence-electron chi connectivity index (χ0n) is 10.7. The predicted octanol–water partition coefficient (Wildman–Crippen LogP) is 2.33. The van der Waals surface area contributed by atoms with E-state index < -0.39 is 0 Å². The maximum Gasteiger partial charge on any atom is 0.311 e. The fourth-order valence-corrected chi connectivity index (χ4v) is 1.19. The molecule has 0 fully saturated rings. The Bertz CT molecular complexity index is 439. The van der Waals surface area contributed by atoms with E-state index in [4.69, 9.17) is 14.2 Å². The van der Waals surface area contributed by atoms with Crippen LogP contribution in [0.25, 0.3) is 0 Å². The van der Waals surface area contributed by atoms with E-state index in [-0.39, 0.29) is 24.8 Å². The molecule has 0 saturated heterocycles. The first-order valence-corrected chi connectivity index (χ1v) is 5.70. The molecular formula is C13H16O5. The van der Waals surface area contributed by atoms with Crippen molar-refractivity contribution in [1.82, 2.24) is 0 Å². The summed E-state index contributed by atoms with van der Waals surface area (Å²) in [5.74, 6) is 0.316. The van der Waals surface area contributed by atoms with Crippen LogP contribution in [0, 0.1) is 0 Å². The molecule has 0 aliphatic heterocycles. The first-order chi connectivity index (χ1) is 8.60. The Kier molecular flexibility index (Phi) is 5.17. The van der Waals surface area contributed by atoms with Gasteiger partial charge in [0, 0.05) is 18.9 Å². The summed E-state index contributed by atoms with van der Waals surface area (Å²) in [6.45, 7) is 3.41. The number of carbonyl (C=O) groups is 2. The molecule has 0 radical (unpaired) electrons. The lowest BCUT2D eigenvalue weighted by Crippen LogP contribution is -2.08. The van der Waals surface area contributed by atoms with Crippen molar-refractivity contribution in [3.8, 4) is 17.2 Å². The van der Waals surface area contributed by atoms with E-state index in [0.29, 0.717) is 17.2 Å². The van der Waals surface area contributed by atoms with E-state index in [2.05, 4.69) is 0 Å². The summed E-state index contributed by atoms with van der Waals surface area (Å²) < 4.78 is 15.2. The third-order valence-corrected chi connectivity index (χ3v) is 2.17. The van der Waals surface area contributed by atoms with Crippen molar-refractivity contribution in [2.75, 3.05) is 7.11 Å². The Balaban J connectivity index is 2.89. The molecule has 0 aliphatic carbocycles. The van der Waals surface area contributed by atoms with Crippen molar-refractivity contribution < 1.29 is 23.8 Å². The van der Waals surface area contributed by atoms with Crippen LogP contribution in [0.15, 0.2) is 18.2 Å². The predicted molar refractivity (Wildman–Crippen MR) is 64.8 cm³/mol.